The van der Waals surface area contributed by atoms with Crippen molar-refractivity contribution in [1.82, 2.24) is 9.13 Å². The molecule has 1 heterocycles. The molecule has 5 nitrogen and oxygen atoms in total. The van der Waals surface area contributed by atoms with Gasteiger partial charge in [-0.1, -0.05) is 36.4 Å². The topological polar surface area (TPSA) is 59.5 Å². The summed E-state index contributed by atoms with van der Waals surface area (Å²) in [7, 11) is 1.54. The summed E-state index contributed by atoms with van der Waals surface area (Å²) in [6, 6.07) is 18.2. The molecule has 2 aromatic carbocycles. The first kappa shape index (κ1) is 15.9. The third-order valence-corrected chi connectivity index (χ3v) is 3.92. The molecule has 0 saturated heterocycles. The van der Waals surface area contributed by atoms with Crippen LogP contribution in [0.3, 0.4) is 0 Å². The molecule has 0 spiro atoms. The van der Waals surface area contributed by atoms with Crippen LogP contribution in [0.1, 0.15) is 5.56 Å². The van der Waals surface area contributed by atoms with Crippen molar-refractivity contribution < 1.29 is 5.11 Å². The van der Waals surface area contributed by atoms with Crippen molar-refractivity contribution in [3.63, 3.8) is 0 Å². The molecule has 0 radical (unpaired) electrons. The summed E-state index contributed by atoms with van der Waals surface area (Å²) in [4.78, 5) is 16.7. The lowest BCUT2D eigenvalue weighted by molar-refractivity contribution is 0.430. The van der Waals surface area contributed by atoms with Crippen molar-refractivity contribution in [2.24, 2.45) is 4.99 Å². The standard InChI is InChI=1S/C18H15N3O2S/c1-19-12-15-16(22)20(13-8-4-2-5-9-13)18(24)21(17(15)23)14-10-6-3-7-11-14/h2-12,22H,1H3. The van der Waals surface area contributed by atoms with Crippen LogP contribution in [0.4, 0.5) is 0 Å². The summed E-state index contributed by atoms with van der Waals surface area (Å²) < 4.78 is 3.03. The maximum absolute atomic E-state index is 12.8. The van der Waals surface area contributed by atoms with Crippen LogP contribution in [-0.2, 0) is 0 Å². The van der Waals surface area contributed by atoms with Crippen molar-refractivity contribution in [3.8, 4) is 17.3 Å². The zero-order valence-corrected chi connectivity index (χ0v) is 13.8. The van der Waals surface area contributed by atoms with Gasteiger partial charge in [0, 0.05) is 13.3 Å². The number of hydrogen-bond acceptors (Lipinski definition) is 4. The average molecular weight is 337 g/mol. The molecule has 1 N–H and O–H groups in total. The molecule has 120 valence electrons. The Morgan fingerprint density at radius 1 is 0.958 bits per heavy atom. The molecule has 0 atom stereocenters. The third-order valence-electron chi connectivity index (χ3n) is 3.56. The van der Waals surface area contributed by atoms with Gasteiger partial charge in [0.15, 0.2) is 4.77 Å². The van der Waals surface area contributed by atoms with Crippen LogP contribution in [-0.4, -0.2) is 27.5 Å². The van der Waals surface area contributed by atoms with Gasteiger partial charge in [0.2, 0.25) is 5.88 Å². The van der Waals surface area contributed by atoms with Crippen LogP contribution in [0.15, 0.2) is 70.5 Å². The van der Waals surface area contributed by atoms with E-state index in [1.54, 1.807) is 19.2 Å². The minimum atomic E-state index is -0.415. The monoisotopic (exact) mass is 337 g/mol. The molecule has 1 aromatic heterocycles. The number of aromatic nitrogens is 2. The second-order valence-electron chi connectivity index (χ2n) is 5.05. The van der Waals surface area contributed by atoms with Gasteiger partial charge in [-0.25, -0.2) is 0 Å². The first-order valence-corrected chi connectivity index (χ1v) is 7.70. The van der Waals surface area contributed by atoms with E-state index in [9.17, 15) is 9.90 Å². The Hall–Kier alpha value is -2.99. The van der Waals surface area contributed by atoms with Crippen molar-refractivity contribution in [1.29, 1.82) is 0 Å². The quantitative estimate of drug-likeness (QED) is 0.590. The van der Waals surface area contributed by atoms with Gasteiger partial charge in [-0.05, 0) is 36.5 Å². The predicted octanol–water partition coefficient (Wildman–Crippen LogP) is 3.11. The predicted molar refractivity (Wildman–Crippen MR) is 97.4 cm³/mol. The van der Waals surface area contributed by atoms with E-state index >= 15 is 0 Å². The molecule has 0 saturated carbocycles. The first-order valence-electron chi connectivity index (χ1n) is 7.29. The lowest BCUT2D eigenvalue weighted by atomic mass is 10.2. The van der Waals surface area contributed by atoms with E-state index in [0.717, 1.165) is 0 Å². The molecule has 0 bridgehead atoms. The maximum Gasteiger partial charge on any atom is 0.271 e. The van der Waals surface area contributed by atoms with Crippen LogP contribution in [0.2, 0.25) is 0 Å². The van der Waals surface area contributed by atoms with E-state index in [-0.39, 0.29) is 16.2 Å². The molecule has 24 heavy (non-hydrogen) atoms. The van der Waals surface area contributed by atoms with Gasteiger partial charge in [-0.3, -0.25) is 18.9 Å². The highest BCUT2D eigenvalue weighted by Crippen LogP contribution is 2.21. The van der Waals surface area contributed by atoms with Crippen molar-refractivity contribution >= 4 is 18.4 Å². The number of benzene rings is 2. The fourth-order valence-electron chi connectivity index (χ4n) is 2.47. The number of aliphatic imine (C=N–C) groups is 1. The van der Waals surface area contributed by atoms with Crippen LogP contribution in [0, 0.1) is 4.77 Å². The normalized spacial score (nSPS) is 11.0. The number of aromatic hydroxyl groups is 1. The Morgan fingerprint density at radius 3 is 1.96 bits per heavy atom. The highest BCUT2D eigenvalue weighted by Gasteiger charge is 2.17. The minimum Gasteiger partial charge on any atom is -0.494 e. The summed E-state index contributed by atoms with van der Waals surface area (Å²) in [5.74, 6) is -0.228. The number of nitrogens with zero attached hydrogens (tertiary/aromatic N) is 3. The molecular formula is C18H15N3O2S. The molecule has 3 aromatic rings. The minimum absolute atomic E-state index is 0.0822. The highest BCUT2D eigenvalue weighted by molar-refractivity contribution is 7.71. The summed E-state index contributed by atoms with van der Waals surface area (Å²) in [6.45, 7) is 0. The Kier molecular flexibility index (Phi) is 4.39. The molecule has 0 aliphatic heterocycles. The Labute approximate surface area is 143 Å². The molecule has 3 rings (SSSR count). The van der Waals surface area contributed by atoms with E-state index < -0.39 is 5.56 Å². The van der Waals surface area contributed by atoms with E-state index in [2.05, 4.69) is 4.99 Å². The van der Waals surface area contributed by atoms with Crippen molar-refractivity contribution in [2.75, 3.05) is 7.05 Å². The molecule has 0 fully saturated rings. The zero-order chi connectivity index (χ0) is 17.1. The van der Waals surface area contributed by atoms with Gasteiger partial charge in [0.1, 0.15) is 5.56 Å². The van der Waals surface area contributed by atoms with Crippen LogP contribution in [0.25, 0.3) is 11.4 Å². The molecular weight excluding hydrogens is 322 g/mol. The van der Waals surface area contributed by atoms with Crippen LogP contribution < -0.4 is 5.56 Å². The van der Waals surface area contributed by atoms with Crippen molar-refractivity contribution in [3.05, 3.63) is 81.4 Å². The first-order chi connectivity index (χ1) is 11.6. The Balaban J connectivity index is 2.46. The molecule has 6 heteroatoms. The maximum atomic E-state index is 12.8. The lowest BCUT2D eigenvalue weighted by Crippen LogP contribution is -2.27. The zero-order valence-electron chi connectivity index (χ0n) is 13.0. The van der Waals surface area contributed by atoms with Gasteiger partial charge in [0.05, 0.1) is 11.4 Å². The smallest absolute Gasteiger partial charge is 0.271 e. The molecule has 0 aliphatic rings. The Morgan fingerprint density at radius 2 is 1.46 bits per heavy atom. The molecule has 0 unspecified atom stereocenters. The number of para-hydroxylation sites is 2. The number of rotatable bonds is 3. The van der Waals surface area contributed by atoms with Crippen LogP contribution in [0.5, 0.6) is 5.88 Å². The van der Waals surface area contributed by atoms with Gasteiger partial charge in [-0.2, -0.15) is 0 Å². The van der Waals surface area contributed by atoms with E-state index in [1.807, 2.05) is 48.5 Å². The Bertz CT molecular complexity index is 1010. The fraction of sp³-hybridized carbons (Fsp3) is 0.0556. The van der Waals surface area contributed by atoms with Crippen LogP contribution >= 0.6 is 12.2 Å². The van der Waals surface area contributed by atoms with Crippen molar-refractivity contribution in [2.45, 2.75) is 0 Å². The van der Waals surface area contributed by atoms with E-state index in [1.165, 1.54) is 15.3 Å². The third kappa shape index (κ3) is 2.68. The van der Waals surface area contributed by atoms with E-state index in [0.29, 0.717) is 11.4 Å². The lowest BCUT2D eigenvalue weighted by Gasteiger charge is -2.16. The SMILES string of the molecule is CN=Cc1c(O)n(-c2ccccc2)c(=S)n(-c2ccccc2)c1=O. The number of hydrogen-bond donors (Lipinski definition) is 1. The van der Waals surface area contributed by atoms with Gasteiger partial charge < -0.3 is 5.11 Å². The molecule has 0 aliphatic carbocycles. The summed E-state index contributed by atoms with van der Waals surface area (Å²) in [5.41, 5.74) is 0.957. The average Bonchev–Trinajstić information content (AvgIpc) is 2.61. The van der Waals surface area contributed by atoms with Gasteiger partial charge >= 0.3 is 0 Å². The summed E-state index contributed by atoms with van der Waals surface area (Å²) in [6.07, 6.45) is 1.34. The molecule has 0 amide bonds. The summed E-state index contributed by atoms with van der Waals surface area (Å²) >= 11 is 5.50. The fourth-order valence-corrected chi connectivity index (χ4v) is 2.85. The van der Waals surface area contributed by atoms with Gasteiger partial charge in [-0.15, -0.1) is 0 Å². The largest absolute Gasteiger partial charge is 0.494 e. The summed E-state index contributed by atoms with van der Waals surface area (Å²) in [5, 5.41) is 10.6. The second kappa shape index (κ2) is 6.64. The second-order valence-corrected chi connectivity index (χ2v) is 5.42. The van der Waals surface area contributed by atoms with Gasteiger partial charge in [0.25, 0.3) is 5.56 Å². The van der Waals surface area contributed by atoms with E-state index in [4.69, 9.17) is 12.2 Å². The highest BCUT2D eigenvalue weighted by atomic mass is 32.1.